The van der Waals surface area contributed by atoms with E-state index >= 15 is 0 Å². The Morgan fingerprint density at radius 3 is 2.26 bits per heavy atom. The van der Waals surface area contributed by atoms with Gasteiger partial charge in [-0.25, -0.2) is 0 Å². The van der Waals surface area contributed by atoms with Gasteiger partial charge in [0.25, 0.3) is 0 Å². The van der Waals surface area contributed by atoms with E-state index in [-0.39, 0.29) is 49.2 Å². The van der Waals surface area contributed by atoms with Crippen molar-refractivity contribution in [1.82, 2.24) is 4.90 Å². The van der Waals surface area contributed by atoms with Gasteiger partial charge < -0.3 is 9.84 Å². The van der Waals surface area contributed by atoms with Crippen LogP contribution in [0, 0.1) is 11.8 Å². The van der Waals surface area contributed by atoms with Gasteiger partial charge in [-0.3, -0.25) is 9.69 Å². The van der Waals surface area contributed by atoms with Gasteiger partial charge in [-0.05, 0) is 60.1 Å². The Labute approximate surface area is 192 Å². The van der Waals surface area contributed by atoms with Gasteiger partial charge in [0.15, 0.2) is 0 Å². The van der Waals surface area contributed by atoms with Crippen LogP contribution >= 0.6 is 0 Å². The fourth-order valence-electron chi connectivity index (χ4n) is 4.98. The van der Waals surface area contributed by atoms with Crippen molar-refractivity contribution in [3.63, 3.8) is 0 Å². The lowest BCUT2D eigenvalue weighted by Gasteiger charge is -2.38. The van der Waals surface area contributed by atoms with Crippen molar-refractivity contribution in [3.8, 4) is 5.75 Å². The zero-order valence-electron chi connectivity index (χ0n) is 18.3. The highest BCUT2D eigenvalue weighted by Crippen LogP contribution is 2.44. The van der Waals surface area contributed by atoms with E-state index in [0.29, 0.717) is 25.0 Å². The van der Waals surface area contributed by atoms with Crippen LogP contribution in [0.3, 0.4) is 0 Å². The largest absolute Gasteiger partial charge is 0.490 e. The number of likely N-dealkylation sites (tertiary alicyclic amines) is 1. The molecular weight excluding hydrogens is 464 g/mol. The maximum Gasteiger partial charge on any atom is 0.420 e. The number of ether oxygens (including phenoxy) is 1. The molecule has 2 fully saturated rings. The minimum atomic E-state index is -4.69. The lowest BCUT2D eigenvalue weighted by Crippen LogP contribution is -2.46. The summed E-state index contributed by atoms with van der Waals surface area (Å²) in [6.45, 7) is 1.76. The zero-order valence-corrected chi connectivity index (χ0v) is 18.3. The molecule has 4 rings (SSSR count). The minimum Gasteiger partial charge on any atom is -0.490 e. The summed E-state index contributed by atoms with van der Waals surface area (Å²) >= 11 is 0. The second kappa shape index (κ2) is 9.28. The van der Waals surface area contributed by atoms with Crippen molar-refractivity contribution in [1.29, 1.82) is 0 Å². The lowest BCUT2D eigenvalue weighted by atomic mass is 9.87. The molecule has 4 nitrogen and oxygen atoms in total. The highest BCUT2D eigenvalue weighted by molar-refractivity contribution is 5.89. The van der Waals surface area contributed by atoms with Gasteiger partial charge in [0.2, 0.25) is 0 Å². The molecule has 2 aromatic rings. The van der Waals surface area contributed by atoms with Gasteiger partial charge in [-0.1, -0.05) is 18.2 Å². The number of hydrogen-bond donors (Lipinski definition) is 1. The molecule has 34 heavy (non-hydrogen) atoms. The smallest absolute Gasteiger partial charge is 0.420 e. The first-order chi connectivity index (χ1) is 15.9. The summed E-state index contributed by atoms with van der Waals surface area (Å²) in [6.07, 6.45) is -9.79. The molecule has 0 aromatic heterocycles. The number of alkyl halides is 6. The number of hydrogen-bond acceptors (Lipinski definition) is 3. The molecule has 1 aliphatic heterocycles. The maximum absolute atomic E-state index is 14.0. The van der Waals surface area contributed by atoms with Crippen molar-refractivity contribution < 1.29 is 41.0 Å². The van der Waals surface area contributed by atoms with Crippen LogP contribution in [0.2, 0.25) is 0 Å². The van der Waals surface area contributed by atoms with Crippen LogP contribution < -0.4 is 4.74 Å². The molecule has 2 aromatic carbocycles. The molecule has 0 amide bonds. The summed E-state index contributed by atoms with van der Waals surface area (Å²) in [5.41, 5.74) is -0.103. The molecule has 1 saturated carbocycles. The van der Waals surface area contributed by atoms with E-state index in [1.54, 1.807) is 12.1 Å². The van der Waals surface area contributed by atoms with Crippen LogP contribution in [0.15, 0.2) is 30.3 Å². The molecule has 186 valence electrons. The van der Waals surface area contributed by atoms with Gasteiger partial charge in [-0.15, -0.1) is 0 Å². The topological polar surface area (TPSA) is 49.8 Å². The van der Waals surface area contributed by atoms with Crippen molar-refractivity contribution >= 4 is 16.7 Å². The number of carboxylic acids is 1. The van der Waals surface area contributed by atoms with Crippen molar-refractivity contribution in [3.05, 3.63) is 41.5 Å². The minimum absolute atomic E-state index is 0.0231. The van der Waals surface area contributed by atoms with E-state index < -0.39 is 35.9 Å². The molecule has 1 N–H and O–H groups in total. The first kappa shape index (κ1) is 24.6. The summed E-state index contributed by atoms with van der Waals surface area (Å²) < 4.78 is 86.2. The van der Waals surface area contributed by atoms with Crippen molar-refractivity contribution in [2.75, 3.05) is 13.1 Å². The lowest BCUT2D eigenvalue weighted by molar-refractivity contribution is -0.185. The molecule has 0 atom stereocenters. The molecule has 0 unspecified atom stereocenters. The zero-order chi connectivity index (χ0) is 24.7. The van der Waals surface area contributed by atoms with E-state index in [2.05, 4.69) is 0 Å². The predicted molar refractivity (Wildman–Crippen MR) is 112 cm³/mol. The van der Waals surface area contributed by atoms with Crippen molar-refractivity contribution in [2.24, 2.45) is 11.8 Å². The Hall–Kier alpha value is -2.49. The Morgan fingerprint density at radius 1 is 1.00 bits per heavy atom. The summed E-state index contributed by atoms with van der Waals surface area (Å²) in [7, 11) is 0. The number of carbonyl (C=O) groups is 1. The van der Waals surface area contributed by atoms with E-state index in [1.165, 1.54) is 18.2 Å². The Bertz CT molecular complexity index is 1040. The summed E-state index contributed by atoms with van der Waals surface area (Å²) in [5, 5.41) is 9.21. The normalized spacial score (nSPS) is 22.5. The molecule has 2 aliphatic rings. The van der Waals surface area contributed by atoms with Crippen LogP contribution in [-0.4, -0.2) is 41.3 Å². The number of fused-ring (bicyclic) bond motifs is 1. The summed E-state index contributed by atoms with van der Waals surface area (Å²) in [5.74, 6) is -2.56. The second-order valence-electron chi connectivity index (χ2n) is 9.28. The fraction of sp³-hybridized carbons (Fsp3) is 0.542. The Kier molecular flexibility index (Phi) is 6.72. The number of carboxylic acid groups (broad SMARTS) is 1. The number of nitrogens with zero attached hydrogens (tertiary/aromatic N) is 1. The second-order valence-corrected chi connectivity index (χ2v) is 9.28. The Balaban J connectivity index is 1.49. The van der Waals surface area contributed by atoms with E-state index in [1.807, 2.05) is 4.90 Å². The van der Waals surface area contributed by atoms with Crippen LogP contribution in [0.4, 0.5) is 26.3 Å². The first-order valence-corrected chi connectivity index (χ1v) is 11.2. The fourth-order valence-corrected chi connectivity index (χ4v) is 4.98. The first-order valence-electron chi connectivity index (χ1n) is 11.2. The van der Waals surface area contributed by atoms with E-state index in [4.69, 9.17) is 9.84 Å². The summed E-state index contributed by atoms with van der Waals surface area (Å²) in [4.78, 5) is 12.8. The van der Waals surface area contributed by atoms with Crippen LogP contribution in [0.1, 0.15) is 43.2 Å². The number of aliphatic carboxylic acids is 1. The van der Waals surface area contributed by atoms with Gasteiger partial charge in [0, 0.05) is 19.6 Å². The predicted octanol–water partition coefficient (Wildman–Crippen LogP) is 6.27. The average molecular weight is 489 g/mol. The van der Waals surface area contributed by atoms with Gasteiger partial charge >= 0.3 is 18.3 Å². The third-order valence-electron chi connectivity index (χ3n) is 6.66. The van der Waals surface area contributed by atoms with E-state index in [9.17, 15) is 31.1 Å². The number of halogens is 6. The monoisotopic (exact) mass is 489 g/mol. The molecule has 10 heteroatoms. The molecule has 1 saturated heterocycles. The molecule has 1 aliphatic carbocycles. The third-order valence-corrected chi connectivity index (χ3v) is 6.66. The SMILES string of the molecule is O=C(O)CC1CN(Cc2ccc3c(C(F)(F)F)c(O[C@H]4CC[C@@H](C(F)(F)F)CC4)ccc3c2)C1. The Morgan fingerprint density at radius 2 is 1.68 bits per heavy atom. The van der Waals surface area contributed by atoms with Gasteiger partial charge in [-0.2, -0.15) is 26.3 Å². The van der Waals surface area contributed by atoms with Crippen LogP contribution in [0.25, 0.3) is 10.8 Å². The standard InChI is InChI=1S/C24H25F6NO3/c25-23(26,27)17-3-5-18(6-4-17)34-20-8-2-16-9-14(1-7-19(16)22(20)24(28,29)30)11-31-12-15(13-31)10-21(32)33/h1-2,7-9,15,17-18H,3-6,10-13H2,(H,32,33)/t17-,18+. The number of benzene rings is 2. The highest BCUT2D eigenvalue weighted by Gasteiger charge is 2.42. The molecule has 0 radical (unpaired) electrons. The third kappa shape index (κ3) is 5.59. The van der Waals surface area contributed by atoms with Crippen LogP contribution in [0.5, 0.6) is 5.75 Å². The average Bonchev–Trinajstić information content (AvgIpc) is 2.70. The van der Waals surface area contributed by atoms with E-state index in [0.717, 1.165) is 5.56 Å². The van der Waals surface area contributed by atoms with Crippen molar-refractivity contribution in [2.45, 2.75) is 57.1 Å². The molecular formula is C24H25F6NO3. The number of rotatable bonds is 6. The highest BCUT2D eigenvalue weighted by atomic mass is 19.4. The van der Waals surface area contributed by atoms with Gasteiger partial charge in [0.05, 0.1) is 18.4 Å². The maximum atomic E-state index is 14.0. The molecule has 0 bridgehead atoms. The van der Waals surface area contributed by atoms with Crippen LogP contribution in [-0.2, 0) is 17.5 Å². The summed E-state index contributed by atoms with van der Waals surface area (Å²) in [6, 6.07) is 7.47. The van der Waals surface area contributed by atoms with Gasteiger partial charge in [0.1, 0.15) is 11.3 Å². The molecule has 0 spiro atoms. The molecule has 1 heterocycles. The quantitative estimate of drug-likeness (QED) is 0.487.